The summed E-state index contributed by atoms with van der Waals surface area (Å²) in [4.78, 5) is 11.7. The molecule has 22 heavy (non-hydrogen) atoms. The second kappa shape index (κ2) is 6.42. The van der Waals surface area contributed by atoms with Gasteiger partial charge in [-0.1, -0.05) is 18.0 Å². The van der Waals surface area contributed by atoms with Crippen LogP contribution in [0, 0.1) is 11.8 Å². The van der Waals surface area contributed by atoms with E-state index in [-0.39, 0.29) is 0 Å². The predicted molar refractivity (Wildman–Crippen MR) is 91.4 cm³/mol. The summed E-state index contributed by atoms with van der Waals surface area (Å²) >= 11 is 11.4. The molecule has 2 aliphatic carbocycles. The van der Waals surface area contributed by atoms with Gasteiger partial charge in [0.2, 0.25) is 0 Å². The molecule has 2 bridgehead atoms. The Morgan fingerprint density at radius 3 is 2.82 bits per heavy atom. The van der Waals surface area contributed by atoms with Gasteiger partial charge < -0.3 is 15.4 Å². The molecule has 2 aliphatic rings. The number of carbonyl (C=O) groups excluding carboxylic acids is 1. The fourth-order valence-electron chi connectivity index (χ4n) is 3.63. The van der Waals surface area contributed by atoms with Crippen LogP contribution < -0.4 is 10.6 Å². The first kappa shape index (κ1) is 15.6. The van der Waals surface area contributed by atoms with Gasteiger partial charge in [0.25, 0.3) is 0 Å². The Kier molecular flexibility index (Phi) is 4.54. The van der Waals surface area contributed by atoms with Crippen molar-refractivity contribution < 1.29 is 9.53 Å². The highest BCUT2D eigenvalue weighted by Crippen LogP contribution is 2.44. The second-order valence-electron chi connectivity index (χ2n) is 6.07. The lowest BCUT2D eigenvalue weighted by Crippen LogP contribution is -2.40. The summed E-state index contributed by atoms with van der Waals surface area (Å²) in [5.41, 5.74) is 1.06. The highest BCUT2D eigenvalue weighted by Gasteiger charge is 2.39. The average molecular weight is 339 g/mol. The van der Waals surface area contributed by atoms with E-state index in [1.807, 2.05) is 0 Å². The maximum atomic E-state index is 11.7. The molecule has 3 rings (SSSR count). The lowest BCUT2D eigenvalue weighted by Gasteiger charge is -2.24. The van der Waals surface area contributed by atoms with Crippen molar-refractivity contribution >= 4 is 40.6 Å². The number of fused-ring (bicyclic) bond motifs is 2. The van der Waals surface area contributed by atoms with Crippen molar-refractivity contribution in [2.75, 3.05) is 12.4 Å². The van der Waals surface area contributed by atoms with Crippen LogP contribution in [-0.2, 0) is 4.74 Å². The number of nitrogens with one attached hydrogen (secondary N) is 2. The van der Waals surface area contributed by atoms with E-state index in [1.54, 1.807) is 18.2 Å². The number of thiocarbonyl (C=S) groups is 1. The van der Waals surface area contributed by atoms with Crippen LogP contribution in [0.5, 0.6) is 0 Å². The molecule has 2 saturated carbocycles. The number of halogens is 1. The lowest BCUT2D eigenvalue weighted by molar-refractivity contribution is 0.0601. The normalized spacial score (nSPS) is 25.8. The molecule has 0 aromatic heterocycles. The molecule has 0 saturated heterocycles. The zero-order valence-corrected chi connectivity index (χ0v) is 14.0. The van der Waals surface area contributed by atoms with Crippen LogP contribution in [0.1, 0.15) is 36.0 Å². The van der Waals surface area contributed by atoms with Crippen LogP contribution in [0.2, 0.25) is 5.02 Å². The number of esters is 1. The number of anilines is 1. The standard InChI is InChI=1S/C16H19ClN2O2S/c1-21-15(20)12-8-11(4-5-13(12)17)18-16(22)19-14-7-9-2-3-10(14)6-9/h4-5,8-10,14H,2-3,6-7H2,1H3,(H2,18,19,22)/t9-,10-,14+/m0/s1. The number of methoxy groups -OCH3 is 1. The van der Waals surface area contributed by atoms with Crippen LogP contribution >= 0.6 is 23.8 Å². The highest BCUT2D eigenvalue weighted by molar-refractivity contribution is 7.80. The van der Waals surface area contributed by atoms with Crippen molar-refractivity contribution in [3.05, 3.63) is 28.8 Å². The van der Waals surface area contributed by atoms with Crippen LogP contribution in [0.25, 0.3) is 0 Å². The SMILES string of the molecule is COC(=O)c1cc(NC(=S)N[C@@H]2C[C@H]3CC[C@H]2C3)ccc1Cl. The molecule has 0 heterocycles. The summed E-state index contributed by atoms with van der Waals surface area (Å²) in [7, 11) is 1.33. The van der Waals surface area contributed by atoms with Crippen LogP contribution in [-0.4, -0.2) is 24.2 Å². The number of hydrogen-bond acceptors (Lipinski definition) is 3. The van der Waals surface area contributed by atoms with E-state index < -0.39 is 5.97 Å². The number of rotatable bonds is 3. The topological polar surface area (TPSA) is 50.4 Å². The van der Waals surface area contributed by atoms with Gasteiger partial charge in [0, 0.05) is 11.7 Å². The Morgan fingerprint density at radius 1 is 1.36 bits per heavy atom. The van der Waals surface area contributed by atoms with E-state index in [2.05, 4.69) is 10.6 Å². The third-order valence-corrected chi connectivity index (χ3v) is 5.23. The molecule has 6 heteroatoms. The summed E-state index contributed by atoms with van der Waals surface area (Å²) in [6, 6.07) is 5.59. The Morgan fingerprint density at radius 2 is 2.18 bits per heavy atom. The minimum atomic E-state index is -0.458. The minimum Gasteiger partial charge on any atom is -0.465 e. The molecular formula is C16H19ClN2O2S. The van der Waals surface area contributed by atoms with E-state index in [0.29, 0.717) is 21.7 Å². The molecule has 1 aromatic rings. The van der Waals surface area contributed by atoms with Gasteiger partial charge >= 0.3 is 5.97 Å². The monoisotopic (exact) mass is 338 g/mol. The zero-order valence-electron chi connectivity index (χ0n) is 12.4. The number of hydrogen-bond donors (Lipinski definition) is 2. The Labute approximate surface area is 140 Å². The third-order valence-electron chi connectivity index (χ3n) is 4.68. The van der Waals surface area contributed by atoms with E-state index >= 15 is 0 Å². The van der Waals surface area contributed by atoms with Crippen molar-refractivity contribution in [1.82, 2.24) is 5.32 Å². The molecule has 3 atom stereocenters. The van der Waals surface area contributed by atoms with Crippen LogP contribution in [0.15, 0.2) is 18.2 Å². The van der Waals surface area contributed by atoms with Gasteiger partial charge in [-0.2, -0.15) is 0 Å². The fourth-order valence-corrected chi connectivity index (χ4v) is 4.09. The van der Waals surface area contributed by atoms with E-state index in [4.69, 9.17) is 28.6 Å². The van der Waals surface area contributed by atoms with E-state index in [0.717, 1.165) is 17.5 Å². The summed E-state index contributed by atoms with van der Waals surface area (Å²) in [5.74, 6) is 1.16. The number of carbonyl (C=O) groups is 1. The van der Waals surface area contributed by atoms with Crippen LogP contribution in [0.3, 0.4) is 0 Å². The molecule has 2 fully saturated rings. The minimum absolute atomic E-state index is 0.330. The molecule has 0 unspecified atom stereocenters. The molecule has 0 spiro atoms. The Balaban J connectivity index is 1.63. The molecule has 4 nitrogen and oxygen atoms in total. The van der Waals surface area contributed by atoms with Gasteiger partial charge in [0.15, 0.2) is 5.11 Å². The van der Waals surface area contributed by atoms with Gasteiger partial charge in [-0.25, -0.2) is 4.79 Å². The van der Waals surface area contributed by atoms with E-state index in [1.165, 1.54) is 32.8 Å². The molecule has 0 radical (unpaired) electrons. The fraction of sp³-hybridized carbons (Fsp3) is 0.500. The summed E-state index contributed by atoms with van der Waals surface area (Å²) in [6.07, 6.45) is 5.20. The van der Waals surface area contributed by atoms with Crippen LogP contribution in [0.4, 0.5) is 5.69 Å². The van der Waals surface area contributed by atoms with Gasteiger partial charge in [0.1, 0.15) is 0 Å². The quantitative estimate of drug-likeness (QED) is 0.651. The molecule has 2 N–H and O–H groups in total. The first-order valence-corrected chi connectivity index (χ1v) is 8.31. The maximum Gasteiger partial charge on any atom is 0.339 e. The molecule has 1 aromatic carbocycles. The largest absolute Gasteiger partial charge is 0.465 e. The maximum absolute atomic E-state index is 11.7. The summed E-state index contributed by atoms with van der Waals surface area (Å²) in [5, 5.41) is 7.49. The van der Waals surface area contributed by atoms with Gasteiger partial charge in [-0.15, -0.1) is 0 Å². The Hall–Kier alpha value is -1.33. The van der Waals surface area contributed by atoms with Crippen molar-refractivity contribution in [2.24, 2.45) is 11.8 Å². The predicted octanol–water partition coefficient (Wildman–Crippen LogP) is 3.60. The smallest absolute Gasteiger partial charge is 0.339 e. The van der Waals surface area contributed by atoms with Crippen molar-refractivity contribution in [3.8, 4) is 0 Å². The lowest BCUT2D eigenvalue weighted by atomic mass is 9.96. The van der Waals surface area contributed by atoms with Gasteiger partial charge in [-0.3, -0.25) is 0 Å². The summed E-state index contributed by atoms with van der Waals surface area (Å²) in [6.45, 7) is 0. The van der Waals surface area contributed by atoms with Crippen molar-refractivity contribution in [2.45, 2.75) is 31.7 Å². The third kappa shape index (κ3) is 3.20. The number of benzene rings is 1. The Bertz CT molecular complexity index is 608. The van der Waals surface area contributed by atoms with Crippen molar-refractivity contribution in [3.63, 3.8) is 0 Å². The number of ether oxygens (including phenoxy) is 1. The van der Waals surface area contributed by atoms with E-state index in [9.17, 15) is 4.79 Å². The van der Waals surface area contributed by atoms with Gasteiger partial charge in [-0.05, 0) is 61.5 Å². The summed E-state index contributed by atoms with van der Waals surface area (Å²) < 4.78 is 4.72. The second-order valence-corrected chi connectivity index (χ2v) is 6.88. The zero-order chi connectivity index (χ0) is 15.7. The molecular weight excluding hydrogens is 320 g/mol. The first-order chi connectivity index (χ1) is 10.6. The molecule has 0 aliphatic heterocycles. The average Bonchev–Trinajstić information content (AvgIpc) is 3.11. The van der Waals surface area contributed by atoms with Gasteiger partial charge in [0.05, 0.1) is 17.7 Å². The van der Waals surface area contributed by atoms with Crippen molar-refractivity contribution in [1.29, 1.82) is 0 Å². The first-order valence-electron chi connectivity index (χ1n) is 7.52. The molecule has 118 valence electrons. The molecule has 0 amide bonds. The highest BCUT2D eigenvalue weighted by atomic mass is 35.5.